The number of hydrogen-bond acceptors (Lipinski definition) is 4. The molecule has 4 heteroatoms. The number of carbonyl (C=O) groups excluding carboxylic acids is 1. The summed E-state index contributed by atoms with van der Waals surface area (Å²) < 4.78 is 15.1. The predicted molar refractivity (Wildman–Crippen MR) is 85.0 cm³/mol. The third-order valence-electron chi connectivity index (χ3n) is 3.19. The highest BCUT2D eigenvalue weighted by molar-refractivity contribution is 5.72. The van der Waals surface area contributed by atoms with Gasteiger partial charge in [-0.2, -0.15) is 0 Å². The van der Waals surface area contributed by atoms with Gasteiger partial charge >= 0.3 is 12.1 Å². The topological polar surface area (TPSA) is 48.7 Å². The van der Waals surface area contributed by atoms with Gasteiger partial charge in [-0.15, -0.1) is 0 Å². The monoisotopic (exact) mass is 300 g/mol. The quantitative estimate of drug-likeness (QED) is 0.592. The van der Waals surface area contributed by atoms with Crippen molar-refractivity contribution in [2.24, 2.45) is 0 Å². The van der Waals surface area contributed by atoms with E-state index in [0.717, 1.165) is 5.56 Å². The van der Waals surface area contributed by atoms with Gasteiger partial charge in [-0.05, 0) is 22.6 Å². The zero-order valence-electron chi connectivity index (χ0n) is 13.1. The summed E-state index contributed by atoms with van der Waals surface area (Å²) >= 11 is 0. The van der Waals surface area contributed by atoms with Crippen LogP contribution in [-0.4, -0.2) is 12.8 Å². The van der Waals surface area contributed by atoms with Crippen LogP contribution in [0.2, 0.25) is 0 Å². The van der Waals surface area contributed by atoms with E-state index >= 15 is 0 Å². The summed E-state index contributed by atoms with van der Waals surface area (Å²) in [6, 6.07) is 9.83. The van der Waals surface area contributed by atoms with Gasteiger partial charge in [0, 0.05) is 0 Å². The molecule has 0 saturated carbocycles. The zero-order valence-corrected chi connectivity index (χ0v) is 13.1. The molecule has 0 radical (unpaired) electrons. The largest absolute Gasteiger partial charge is 0.516 e. The molecule has 0 saturated heterocycles. The maximum Gasteiger partial charge on any atom is 0.516 e. The van der Waals surface area contributed by atoms with E-state index in [2.05, 4.69) is 39.5 Å². The highest BCUT2D eigenvalue weighted by Gasteiger charge is 2.17. The second-order valence-corrected chi connectivity index (χ2v) is 5.90. The van der Waals surface area contributed by atoms with Crippen molar-refractivity contribution in [1.82, 2.24) is 0 Å². The zero-order chi connectivity index (χ0) is 16.2. The van der Waals surface area contributed by atoms with Crippen molar-refractivity contribution >= 4 is 6.16 Å². The first-order valence-corrected chi connectivity index (χ1v) is 7.05. The molecule has 116 valence electrons. The molecular formula is C18H20O4. The number of rotatable bonds is 4. The van der Waals surface area contributed by atoms with Crippen LogP contribution in [-0.2, 0) is 10.2 Å². The van der Waals surface area contributed by atoms with E-state index in [-0.39, 0.29) is 18.0 Å². The lowest BCUT2D eigenvalue weighted by atomic mass is 9.86. The molecule has 0 aliphatic heterocycles. The van der Waals surface area contributed by atoms with Gasteiger partial charge < -0.3 is 13.9 Å². The lowest BCUT2D eigenvalue weighted by Crippen LogP contribution is -2.11. The summed E-state index contributed by atoms with van der Waals surface area (Å²) in [5, 5.41) is 0. The Hall–Kier alpha value is -2.49. The standard InChI is InChI=1S/C18H20O4/c1-5-11-21-17(19)22-16-15(10-12-20-16)13-6-8-14(9-7-13)18(2,3)4/h5-10,12H,1,11H2,2-4H3. The molecule has 2 rings (SSSR count). The third kappa shape index (κ3) is 3.79. The molecule has 2 aromatic rings. The van der Waals surface area contributed by atoms with Crippen LogP contribution in [0.1, 0.15) is 26.3 Å². The van der Waals surface area contributed by atoms with E-state index in [0.29, 0.717) is 5.56 Å². The Labute approximate surface area is 130 Å². The highest BCUT2D eigenvalue weighted by atomic mass is 16.8. The van der Waals surface area contributed by atoms with Gasteiger partial charge in [0.2, 0.25) is 0 Å². The Balaban J connectivity index is 2.18. The summed E-state index contributed by atoms with van der Waals surface area (Å²) in [5.74, 6) is 0.123. The smallest absolute Gasteiger partial charge is 0.433 e. The van der Waals surface area contributed by atoms with Crippen molar-refractivity contribution in [3.8, 4) is 17.1 Å². The summed E-state index contributed by atoms with van der Waals surface area (Å²) in [7, 11) is 0. The fourth-order valence-electron chi connectivity index (χ4n) is 1.97. The molecule has 0 unspecified atom stereocenters. The van der Waals surface area contributed by atoms with Crippen molar-refractivity contribution in [3.63, 3.8) is 0 Å². The van der Waals surface area contributed by atoms with E-state index in [1.807, 2.05) is 12.1 Å². The molecule has 0 atom stereocenters. The minimum absolute atomic E-state index is 0.0861. The van der Waals surface area contributed by atoms with Crippen LogP contribution in [0.4, 0.5) is 4.79 Å². The van der Waals surface area contributed by atoms with Gasteiger partial charge in [0.05, 0.1) is 11.8 Å². The fourth-order valence-corrected chi connectivity index (χ4v) is 1.97. The SMILES string of the molecule is C=CCOC(=O)Oc1occc1-c1ccc(C(C)(C)C)cc1. The van der Waals surface area contributed by atoms with E-state index in [1.54, 1.807) is 6.07 Å². The molecule has 0 spiro atoms. The van der Waals surface area contributed by atoms with Crippen LogP contribution in [0.5, 0.6) is 5.95 Å². The van der Waals surface area contributed by atoms with Crippen LogP contribution in [0.3, 0.4) is 0 Å². The Morgan fingerprint density at radius 2 is 1.91 bits per heavy atom. The minimum Gasteiger partial charge on any atom is -0.433 e. The Bertz CT molecular complexity index is 644. The van der Waals surface area contributed by atoms with E-state index in [4.69, 9.17) is 13.9 Å². The maximum atomic E-state index is 11.5. The van der Waals surface area contributed by atoms with Gasteiger partial charge in [-0.3, -0.25) is 0 Å². The van der Waals surface area contributed by atoms with Crippen molar-refractivity contribution < 1.29 is 18.7 Å². The van der Waals surface area contributed by atoms with Gasteiger partial charge in [0.15, 0.2) is 0 Å². The van der Waals surface area contributed by atoms with Crippen LogP contribution in [0.25, 0.3) is 11.1 Å². The second-order valence-electron chi connectivity index (χ2n) is 5.90. The molecule has 1 heterocycles. The van der Waals surface area contributed by atoms with Crippen molar-refractivity contribution in [1.29, 1.82) is 0 Å². The molecule has 0 amide bonds. The van der Waals surface area contributed by atoms with Gasteiger partial charge in [-0.25, -0.2) is 4.79 Å². The normalized spacial score (nSPS) is 11.0. The summed E-state index contributed by atoms with van der Waals surface area (Å²) in [4.78, 5) is 11.5. The highest BCUT2D eigenvalue weighted by Crippen LogP contribution is 2.33. The van der Waals surface area contributed by atoms with Crippen molar-refractivity contribution in [2.75, 3.05) is 6.61 Å². The Kier molecular flexibility index (Phi) is 4.71. The third-order valence-corrected chi connectivity index (χ3v) is 3.19. The summed E-state index contributed by atoms with van der Waals surface area (Å²) in [5.41, 5.74) is 2.93. The number of hydrogen-bond donors (Lipinski definition) is 0. The molecule has 1 aromatic carbocycles. The molecule has 4 nitrogen and oxygen atoms in total. The van der Waals surface area contributed by atoms with E-state index in [1.165, 1.54) is 17.9 Å². The van der Waals surface area contributed by atoms with Crippen LogP contribution < -0.4 is 4.74 Å². The van der Waals surface area contributed by atoms with E-state index in [9.17, 15) is 4.79 Å². The number of carbonyl (C=O) groups is 1. The molecule has 0 fully saturated rings. The number of benzene rings is 1. The first-order chi connectivity index (χ1) is 10.4. The number of furan rings is 1. The number of ether oxygens (including phenoxy) is 2. The van der Waals surface area contributed by atoms with Crippen LogP contribution in [0.15, 0.2) is 53.7 Å². The van der Waals surface area contributed by atoms with Gasteiger partial charge in [-0.1, -0.05) is 57.7 Å². The lowest BCUT2D eigenvalue weighted by Gasteiger charge is -2.19. The maximum absolute atomic E-state index is 11.5. The summed E-state index contributed by atoms with van der Waals surface area (Å²) in [6.07, 6.45) is 2.13. The first-order valence-electron chi connectivity index (χ1n) is 7.05. The molecule has 0 N–H and O–H groups in total. The predicted octanol–water partition coefficient (Wildman–Crippen LogP) is 4.95. The molecule has 0 aliphatic rings. The Morgan fingerprint density at radius 1 is 1.23 bits per heavy atom. The first kappa shape index (κ1) is 15.9. The van der Waals surface area contributed by atoms with Crippen LogP contribution >= 0.6 is 0 Å². The van der Waals surface area contributed by atoms with Crippen molar-refractivity contribution in [3.05, 3.63) is 54.8 Å². The molecule has 0 aliphatic carbocycles. The van der Waals surface area contributed by atoms with Crippen LogP contribution in [0, 0.1) is 0 Å². The molecule has 0 bridgehead atoms. The van der Waals surface area contributed by atoms with E-state index < -0.39 is 6.16 Å². The van der Waals surface area contributed by atoms with Gasteiger partial charge in [0.25, 0.3) is 0 Å². The Morgan fingerprint density at radius 3 is 2.50 bits per heavy atom. The second kappa shape index (κ2) is 6.52. The average molecular weight is 300 g/mol. The molecule has 1 aromatic heterocycles. The van der Waals surface area contributed by atoms with Gasteiger partial charge in [0.1, 0.15) is 6.61 Å². The molecule has 22 heavy (non-hydrogen) atoms. The lowest BCUT2D eigenvalue weighted by molar-refractivity contribution is 0.100. The van der Waals surface area contributed by atoms with Crippen molar-refractivity contribution in [2.45, 2.75) is 26.2 Å². The minimum atomic E-state index is -0.817. The average Bonchev–Trinajstić information content (AvgIpc) is 2.92. The fraction of sp³-hybridized carbons (Fsp3) is 0.278. The summed E-state index contributed by atoms with van der Waals surface area (Å²) in [6.45, 7) is 10.0. The molecular weight excluding hydrogens is 280 g/mol.